The van der Waals surface area contributed by atoms with E-state index < -0.39 is 10.0 Å². The lowest BCUT2D eigenvalue weighted by Crippen LogP contribution is -2.33. The molecule has 94 valence electrons. The average Bonchev–Trinajstić information content (AvgIpc) is 2.80. The van der Waals surface area contributed by atoms with Crippen molar-refractivity contribution in [1.29, 1.82) is 0 Å². The van der Waals surface area contributed by atoms with E-state index in [0.29, 0.717) is 6.61 Å². The monoisotopic (exact) mass is 321 g/mol. The summed E-state index contributed by atoms with van der Waals surface area (Å²) in [6.45, 7) is 0.867. The van der Waals surface area contributed by atoms with Crippen LogP contribution in [0, 0.1) is 0 Å². The second-order valence-corrected chi connectivity index (χ2v) is 6.27. The largest absolute Gasteiger partial charge is 0.353 e. The summed E-state index contributed by atoms with van der Waals surface area (Å²) in [5.41, 5.74) is 0. The molecule has 0 amide bonds. The smallest absolute Gasteiger partial charge is 0.240 e. The Morgan fingerprint density at radius 2 is 2.06 bits per heavy atom. The first-order valence-electron chi connectivity index (χ1n) is 5.02. The lowest BCUT2D eigenvalue weighted by atomic mass is 10.4. The summed E-state index contributed by atoms with van der Waals surface area (Å²) in [5, 5.41) is 0. The standard InChI is InChI=1S/C10H12BrNO4S/c11-8-1-3-10(4-2-8)17(13,14)12-5-9-6-15-7-16-9/h1-4,9,12H,5-7H2. The Morgan fingerprint density at radius 1 is 1.35 bits per heavy atom. The number of ether oxygens (including phenoxy) is 2. The molecule has 1 aromatic carbocycles. The zero-order valence-corrected chi connectivity index (χ0v) is 11.3. The van der Waals surface area contributed by atoms with Crippen LogP contribution in [-0.2, 0) is 19.5 Å². The van der Waals surface area contributed by atoms with Crippen LogP contribution in [0.4, 0.5) is 0 Å². The molecular formula is C10H12BrNO4S. The SMILES string of the molecule is O=S(=O)(NCC1COCO1)c1ccc(Br)cc1. The number of nitrogens with one attached hydrogen (secondary N) is 1. The first-order valence-corrected chi connectivity index (χ1v) is 7.30. The molecule has 1 fully saturated rings. The Bertz CT molecular complexity index is 468. The van der Waals surface area contributed by atoms with Gasteiger partial charge in [-0.3, -0.25) is 0 Å². The predicted molar refractivity (Wildman–Crippen MR) is 65.0 cm³/mol. The van der Waals surface area contributed by atoms with Crippen LogP contribution in [0.25, 0.3) is 0 Å². The highest BCUT2D eigenvalue weighted by molar-refractivity contribution is 9.10. The van der Waals surface area contributed by atoms with Gasteiger partial charge in [-0.2, -0.15) is 0 Å². The van der Waals surface area contributed by atoms with Crippen LogP contribution in [0.5, 0.6) is 0 Å². The number of sulfonamides is 1. The van der Waals surface area contributed by atoms with Gasteiger partial charge in [-0.05, 0) is 24.3 Å². The number of hydrogen-bond donors (Lipinski definition) is 1. The second kappa shape index (κ2) is 5.45. The third-order valence-electron chi connectivity index (χ3n) is 2.32. The average molecular weight is 322 g/mol. The van der Waals surface area contributed by atoms with Gasteiger partial charge in [0.05, 0.1) is 17.6 Å². The number of benzene rings is 1. The van der Waals surface area contributed by atoms with E-state index in [-0.39, 0.29) is 24.3 Å². The van der Waals surface area contributed by atoms with Crippen LogP contribution in [0.1, 0.15) is 0 Å². The van der Waals surface area contributed by atoms with E-state index >= 15 is 0 Å². The highest BCUT2D eigenvalue weighted by atomic mass is 79.9. The molecule has 1 unspecified atom stereocenters. The summed E-state index contributed by atoms with van der Waals surface area (Å²) >= 11 is 3.25. The van der Waals surface area contributed by atoms with Gasteiger partial charge >= 0.3 is 0 Å². The molecule has 1 saturated heterocycles. The Hall–Kier alpha value is -0.470. The predicted octanol–water partition coefficient (Wildman–Crippen LogP) is 1.10. The van der Waals surface area contributed by atoms with Crippen molar-refractivity contribution >= 4 is 26.0 Å². The molecule has 7 heteroatoms. The van der Waals surface area contributed by atoms with E-state index in [1.54, 1.807) is 24.3 Å². The molecule has 1 heterocycles. The van der Waals surface area contributed by atoms with E-state index in [1.165, 1.54) is 0 Å². The maximum absolute atomic E-state index is 11.9. The molecule has 1 aliphatic heterocycles. The zero-order valence-electron chi connectivity index (χ0n) is 8.93. The van der Waals surface area contributed by atoms with Crippen molar-refractivity contribution in [2.75, 3.05) is 19.9 Å². The van der Waals surface area contributed by atoms with Crippen LogP contribution < -0.4 is 4.72 Å². The Kier molecular flexibility index (Phi) is 4.16. The summed E-state index contributed by atoms with van der Waals surface area (Å²) in [4.78, 5) is 0.236. The zero-order chi connectivity index (χ0) is 12.3. The van der Waals surface area contributed by atoms with Gasteiger partial charge in [-0.25, -0.2) is 13.1 Å². The fraction of sp³-hybridized carbons (Fsp3) is 0.400. The lowest BCUT2D eigenvalue weighted by molar-refractivity contribution is 0.0482. The van der Waals surface area contributed by atoms with Crippen molar-refractivity contribution in [2.24, 2.45) is 0 Å². The summed E-state index contributed by atoms with van der Waals surface area (Å²) in [7, 11) is -3.47. The van der Waals surface area contributed by atoms with E-state index in [1.807, 2.05) is 0 Å². The quantitative estimate of drug-likeness (QED) is 0.902. The van der Waals surface area contributed by atoms with E-state index in [9.17, 15) is 8.42 Å². The van der Waals surface area contributed by atoms with E-state index in [0.717, 1.165) is 4.47 Å². The highest BCUT2D eigenvalue weighted by Crippen LogP contribution is 2.14. The summed E-state index contributed by atoms with van der Waals surface area (Å²) in [6, 6.07) is 6.45. The van der Waals surface area contributed by atoms with Crippen molar-refractivity contribution in [2.45, 2.75) is 11.0 Å². The molecule has 2 rings (SSSR count). The minimum absolute atomic E-state index is 0.208. The molecule has 0 aromatic heterocycles. The normalized spacial score (nSPS) is 20.6. The fourth-order valence-electron chi connectivity index (χ4n) is 1.39. The minimum atomic E-state index is -3.47. The number of halogens is 1. The van der Waals surface area contributed by atoms with E-state index in [2.05, 4.69) is 20.7 Å². The molecule has 1 atom stereocenters. The van der Waals surface area contributed by atoms with Crippen LogP contribution in [-0.4, -0.2) is 34.5 Å². The van der Waals surface area contributed by atoms with Gasteiger partial charge in [0.15, 0.2) is 0 Å². The van der Waals surface area contributed by atoms with E-state index in [4.69, 9.17) is 9.47 Å². The molecule has 0 radical (unpaired) electrons. The van der Waals surface area contributed by atoms with Crippen LogP contribution in [0.15, 0.2) is 33.6 Å². The van der Waals surface area contributed by atoms with Crippen LogP contribution in [0.3, 0.4) is 0 Å². The van der Waals surface area contributed by atoms with Gasteiger partial charge in [-0.1, -0.05) is 15.9 Å². The van der Waals surface area contributed by atoms with Gasteiger partial charge in [0.2, 0.25) is 10.0 Å². The first kappa shape index (κ1) is 13.0. The Balaban J connectivity index is 2.00. The maximum Gasteiger partial charge on any atom is 0.240 e. The molecule has 1 N–H and O–H groups in total. The fourth-order valence-corrected chi connectivity index (χ4v) is 2.72. The van der Waals surface area contributed by atoms with Gasteiger partial charge in [0.1, 0.15) is 6.79 Å². The van der Waals surface area contributed by atoms with Gasteiger partial charge in [-0.15, -0.1) is 0 Å². The summed E-state index contributed by atoms with van der Waals surface area (Å²) in [5.74, 6) is 0. The topological polar surface area (TPSA) is 64.6 Å². The minimum Gasteiger partial charge on any atom is -0.353 e. The third kappa shape index (κ3) is 3.49. The molecule has 0 aliphatic carbocycles. The van der Waals surface area contributed by atoms with Crippen molar-refractivity contribution in [3.05, 3.63) is 28.7 Å². The van der Waals surface area contributed by atoms with Gasteiger partial charge in [0.25, 0.3) is 0 Å². The molecule has 0 spiro atoms. The Labute approximate surface area is 108 Å². The molecule has 0 saturated carbocycles. The molecule has 17 heavy (non-hydrogen) atoms. The van der Waals surface area contributed by atoms with Gasteiger partial charge in [0, 0.05) is 11.0 Å². The first-order chi connectivity index (χ1) is 8.08. The lowest BCUT2D eigenvalue weighted by Gasteiger charge is -2.10. The summed E-state index contributed by atoms with van der Waals surface area (Å²) in [6.07, 6.45) is -0.208. The number of rotatable bonds is 4. The van der Waals surface area contributed by atoms with Crippen molar-refractivity contribution < 1.29 is 17.9 Å². The van der Waals surface area contributed by atoms with Crippen molar-refractivity contribution in [3.8, 4) is 0 Å². The van der Waals surface area contributed by atoms with Crippen molar-refractivity contribution in [1.82, 2.24) is 4.72 Å². The molecule has 1 aromatic rings. The van der Waals surface area contributed by atoms with Crippen molar-refractivity contribution in [3.63, 3.8) is 0 Å². The summed E-state index contributed by atoms with van der Waals surface area (Å²) < 4.78 is 37.2. The molecular weight excluding hydrogens is 310 g/mol. The van der Waals surface area contributed by atoms with Gasteiger partial charge < -0.3 is 9.47 Å². The highest BCUT2D eigenvalue weighted by Gasteiger charge is 2.20. The third-order valence-corrected chi connectivity index (χ3v) is 4.28. The number of hydrogen-bond acceptors (Lipinski definition) is 4. The van der Waals surface area contributed by atoms with Crippen LogP contribution >= 0.6 is 15.9 Å². The molecule has 0 bridgehead atoms. The second-order valence-electron chi connectivity index (χ2n) is 3.58. The molecule has 1 aliphatic rings. The van der Waals surface area contributed by atoms with Crippen LogP contribution in [0.2, 0.25) is 0 Å². The maximum atomic E-state index is 11.9. The molecule has 5 nitrogen and oxygen atoms in total. The Morgan fingerprint density at radius 3 is 2.65 bits per heavy atom.